The van der Waals surface area contributed by atoms with Crippen molar-refractivity contribution in [3.8, 4) is 0 Å². The minimum atomic E-state index is -0.915. The van der Waals surface area contributed by atoms with E-state index in [9.17, 15) is 4.79 Å². The van der Waals surface area contributed by atoms with Crippen molar-refractivity contribution in [2.45, 2.75) is 52.6 Å². The molecule has 0 aliphatic rings. The maximum atomic E-state index is 10.3. The molecule has 3 nitrogen and oxygen atoms in total. The molecule has 0 rings (SSSR count). The Balaban J connectivity index is 3.86. The Hall–Kier alpha value is -1.09. The first-order chi connectivity index (χ1) is 7.91. The molecule has 0 aliphatic heterocycles. The molecule has 0 radical (unpaired) electrons. The second-order valence-corrected chi connectivity index (χ2v) is 4.69. The Morgan fingerprint density at radius 2 is 1.76 bits per heavy atom. The predicted molar refractivity (Wildman–Crippen MR) is 69.8 cm³/mol. The molecule has 2 atom stereocenters. The van der Waals surface area contributed by atoms with Crippen molar-refractivity contribution in [2.24, 2.45) is 5.92 Å². The molecule has 0 bridgehead atoms. The summed E-state index contributed by atoms with van der Waals surface area (Å²) in [5.74, 6) is -0.468. The van der Waals surface area contributed by atoms with Gasteiger partial charge in [-0.15, -0.1) is 0 Å². The number of carbonyl (C=O) groups is 1. The molecule has 2 N–H and O–H groups in total. The van der Waals surface area contributed by atoms with Crippen molar-refractivity contribution in [3.05, 3.63) is 23.8 Å². The third kappa shape index (κ3) is 11.2. The van der Waals surface area contributed by atoms with Crippen LogP contribution in [0.1, 0.15) is 46.5 Å². The first kappa shape index (κ1) is 15.9. The second-order valence-electron chi connectivity index (χ2n) is 4.69. The summed E-state index contributed by atoms with van der Waals surface area (Å²) in [5.41, 5.74) is 0.982. The highest BCUT2D eigenvalue weighted by molar-refractivity contribution is 5.80. The topological polar surface area (TPSA) is 57.5 Å². The maximum Gasteiger partial charge on any atom is 0.328 e. The van der Waals surface area contributed by atoms with E-state index in [1.165, 1.54) is 0 Å². The standard InChI is InChI=1S/C14H24O3/c1-11(6-4-5-7-13(3)15)10-12(2)8-9-14(16)17/h8-11,13,15H,4-7H2,1-3H3,(H,16,17)/b9-8+,12-10+/t11-,13+/m1/s1. The number of hydrogen-bond acceptors (Lipinski definition) is 2. The average molecular weight is 240 g/mol. The van der Waals surface area contributed by atoms with E-state index in [4.69, 9.17) is 10.2 Å². The summed E-state index contributed by atoms with van der Waals surface area (Å²) in [6.45, 7) is 5.84. The summed E-state index contributed by atoms with van der Waals surface area (Å²) in [6.07, 6.45) is 8.72. The van der Waals surface area contributed by atoms with Gasteiger partial charge in [0.15, 0.2) is 0 Å². The fourth-order valence-corrected chi connectivity index (χ4v) is 1.70. The lowest BCUT2D eigenvalue weighted by Gasteiger charge is -2.08. The van der Waals surface area contributed by atoms with E-state index in [-0.39, 0.29) is 6.10 Å². The van der Waals surface area contributed by atoms with Crippen LogP contribution < -0.4 is 0 Å². The lowest BCUT2D eigenvalue weighted by molar-refractivity contribution is -0.131. The SMILES string of the molecule is CC(/C=C/C(=O)O)=C\[C@H](C)CCCC[C@H](C)O. The minimum Gasteiger partial charge on any atom is -0.478 e. The van der Waals surface area contributed by atoms with Gasteiger partial charge in [-0.1, -0.05) is 37.5 Å². The summed E-state index contributed by atoms with van der Waals surface area (Å²) in [6, 6.07) is 0. The van der Waals surface area contributed by atoms with Gasteiger partial charge in [0.2, 0.25) is 0 Å². The third-order valence-electron chi connectivity index (χ3n) is 2.57. The van der Waals surface area contributed by atoms with Crippen LogP contribution >= 0.6 is 0 Å². The zero-order valence-corrected chi connectivity index (χ0v) is 11.0. The van der Waals surface area contributed by atoms with Crippen LogP contribution in [0, 0.1) is 5.92 Å². The highest BCUT2D eigenvalue weighted by Crippen LogP contribution is 2.14. The summed E-state index contributed by atoms with van der Waals surface area (Å²) < 4.78 is 0. The minimum absolute atomic E-state index is 0.207. The maximum absolute atomic E-state index is 10.3. The van der Waals surface area contributed by atoms with Crippen LogP contribution in [0.5, 0.6) is 0 Å². The van der Waals surface area contributed by atoms with E-state index in [0.29, 0.717) is 5.92 Å². The summed E-state index contributed by atoms with van der Waals surface area (Å²) >= 11 is 0. The molecule has 0 saturated carbocycles. The van der Waals surface area contributed by atoms with E-state index in [0.717, 1.165) is 37.3 Å². The van der Waals surface area contributed by atoms with Crippen molar-refractivity contribution >= 4 is 5.97 Å². The number of rotatable bonds is 8. The Kier molecular flexibility index (Phi) is 8.42. The van der Waals surface area contributed by atoms with Gasteiger partial charge in [0, 0.05) is 6.08 Å². The number of carboxylic acids is 1. The van der Waals surface area contributed by atoms with Crippen molar-refractivity contribution < 1.29 is 15.0 Å². The van der Waals surface area contributed by atoms with Crippen LogP contribution in [-0.4, -0.2) is 22.3 Å². The molecule has 0 fully saturated rings. The molecule has 3 heteroatoms. The monoisotopic (exact) mass is 240 g/mol. The number of allylic oxidation sites excluding steroid dienone is 3. The second kappa shape index (κ2) is 8.99. The van der Waals surface area contributed by atoms with Crippen LogP contribution in [-0.2, 0) is 4.79 Å². The Labute approximate surface area is 104 Å². The van der Waals surface area contributed by atoms with Gasteiger partial charge in [0.25, 0.3) is 0 Å². The van der Waals surface area contributed by atoms with Crippen LogP contribution in [0.3, 0.4) is 0 Å². The Morgan fingerprint density at radius 1 is 1.18 bits per heavy atom. The zero-order valence-electron chi connectivity index (χ0n) is 11.0. The van der Waals surface area contributed by atoms with Gasteiger partial charge in [-0.05, 0) is 32.6 Å². The fourth-order valence-electron chi connectivity index (χ4n) is 1.70. The van der Waals surface area contributed by atoms with Gasteiger partial charge in [0.05, 0.1) is 6.10 Å². The predicted octanol–water partition coefficient (Wildman–Crippen LogP) is 3.15. The molecule has 98 valence electrons. The lowest BCUT2D eigenvalue weighted by atomic mass is 10.00. The number of carboxylic acid groups (broad SMARTS) is 1. The largest absolute Gasteiger partial charge is 0.478 e. The molecule has 0 aromatic rings. The molecule has 0 saturated heterocycles. The Morgan fingerprint density at radius 3 is 2.29 bits per heavy atom. The Bertz CT molecular complexity index is 277. The number of aliphatic hydroxyl groups excluding tert-OH is 1. The van der Waals surface area contributed by atoms with E-state index in [2.05, 4.69) is 13.0 Å². The highest BCUT2D eigenvalue weighted by atomic mass is 16.4. The highest BCUT2D eigenvalue weighted by Gasteiger charge is 2.00. The first-order valence-electron chi connectivity index (χ1n) is 6.19. The molecule has 0 amide bonds. The van der Waals surface area contributed by atoms with Gasteiger partial charge in [-0.25, -0.2) is 4.79 Å². The number of aliphatic hydroxyl groups is 1. The van der Waals surface area contributed by atoms with Crippen LogP contribution in [0.2, 0.25) is 0 Å². The van der Waals surface area contributed by atoms with Crippen LogP contribution in [0.25, 0.3) is 0 Å². The van der Waals surface area contributed by atoms with Gasteiger partial charge >= 0.3 is 5.97 Å². The van der Waals surface area contributed by atoms with Crippen molar-refractivity contribution in [1.29, 1.82) is 0 Å². The van der Waals surface area contributed by atoms with Gasteiger partial charge in [-0.3, -0.25) is 0 Å². The van der Waals surface area contributed by atoms with Crippen LogP contribution in [0.15, 0.2) is 23.8 Å². The van der Waals surface area contributed by atoms with Crippen molar-refractivity contribution in [3.63, 3.8) is 0 Å². The smallest absolute Gasteiger partial charge is 0.328 e. The molecule has 0 aromatic carbocycles. The van der Waals surface area contributed by atoms with Crippen LogP contribution in [0.4, 0.5) is 0 Å². The van der Waals surface area contributed by atoms with E-state index in [1.54, 1.807) is 6.08 Å². The van der Waals surface area contributed by atoms with Gasteiger partial charge in [-0.2, -0.15) is 0 Å². The average Bonchev–Trinajstić information content (AvgIpc) is 2.21. The number of aliphatic carboxylic acids is 1. The van der Waals surface area contributed by atoms with Crippen molar-refractivity contribution in [1.82, 2.24) is 0 Å². The normalized spacial score (nSPS) is 16.1. The first-order valence-corrected chi connectivity index (χ1v) is 6.19. The summed E-state index contributed by atoms with van der Waals surface area (Å²) in [4.78, 5) is 10.3. The van der Waals surface area contributed by atoms with Gasteiger partial charge < -0.3 is 10.2 Å². The molecule has 0 spiro atoms. The lowest BCUT2D eigenvalue weighted by Crippen LogP contribution is -1.99. The van der Waals surface area contributed by atoms with Gasteiger partial charge in [0.1, 0.15) is 0 Å². The third-order valence-corrected chi connectivity index (χ3v) is 2.57. The van der Waals surface area contributed by atoms with E-state index < -0.39 is 5.97 Å². The molecule has 17 heavy (non-hydrogen) atoms. The molecular formula is C14H24O3. The summed E-state index contributed by atoms with van der Waals surface area (Å²) in [7, 11) is 0. The summed E-state index contributed by atoms with van der Waals surface area (Å²) in [5, 5.41) is 17.6. The fraction of sp³-hybridized carbons (Fsp3) is 0.643. The zero-order chi connectivity index (χ0) is 13.3. The number of hydrogen-bond donors (Lipinski definition) is 2. The van der Waals surface area contributed by atoms with E-state index in [1.807, 2.05) is 13.8 Å². The number of unbranched alkanes of at least 4 members (excludes halogenated alkanes) is 1. The molecule has 0 unspecified atom stereocenters. The van der Waals surface area contributed by atoms with E-state index >= 15 is 0 Å². The molecular weight excluding hydrogens is 216 g/mol. The molecule has 0 aliphatic carbocycles. The quantitative estimate of drug-likeness (QED) is 0.389. The molecule has 0 heterocycles. The van der Waals surface area contributed by atoms with Crippen molar-refractivity contribution in [2.75, 3.05) is 0 Å². The molecule has 0 aromatic heterocycles.